The van der Waals surface area contributed by atoms with E-state index in [1.165, 1.54) is 55.9 Å². The van der Waals surface area contributed by atoms with Crippen LogP contribution >= 0.6 is 0 Å². The first-order valence-electron chi connectivity index (χ1n) is 11.0. The minimum atomic E-state index is -1.31. The van der Waals surface area contributed by atoms with Crippen LogP contribution < -0.4 is 20.1 Å². The Labute approximate surface area is 208 Å². The summed E-state index contributed by atoms with van der Waals surface area (Å²) in [6, 6.07) is 8.95. The molecular formula is C25H19F2N5O5. The highest BCUT2D eigenvalue weighted by Gasteiger charge is 2.56. The van der Waals surface area contributed by atoms with Gasteiger partial charge in [0.05, 0.1) is 24.5 Å². The Morgan fingerprint density at radius 2 is 1.68 bits per heavy atom. The Kier molecular flexibility index (Phi) is 5.99. The number of anilines is 2. The fraction of sp³-hybridized carbons (Fsp3) is 0.160. The zero-order chi connectivity index (χ0) is 26.2. The molecule has 0 radical (unpaired) electrons. The maximum absolute atomic E-state index is 14.8. The van der Waals surface area contributed by atoms with Gasteiger partial charge in [-0.3, -0.25) is 14.6 Å². The minimum absolute atomic E-state index is 0.0278. The number of fused-ring (bicyclic) bond motifs is 1. The third kappa shape index (κ3) is 4.68. The van der Waals surface area contributed by atoms with Gasteiger partial charge in [0.1, 0.15) is 16.7 Å². The minimum Gasteiger partial charge on any atom is -0.503 e. The summed E-state index contributed by atoms with van der Waals surface area (Å²) in [4.78, 5) is 37.7. The van der Waals surface area contributed by atoms with Gasteiger partial charge in [-0.25, -0.2) is 18.7 Å². The maximum atomic E-state index is 14.8. The summed E-state index contributed by atoms with van der Waals surface area (Å²) in [5, 5.41) is 15.0. The van der Waals surface area contributed by atoms with Crippen molar-refractivity contribution in [2.24, 2.45) is 5.41 Å². The van der Waals surface area contributed by atoms with E-state index in [9.17, 15) is 23.5 Å². The molecule has 2 amide bonds. The number of nitrogens with zero attached hydrogens (tertiary/aromatic N) is 3. The van der Waals surface area contributed by atoms with Crippen LogP contribution in [0.1, 0.15) is 12.8 Å². The molecule has 37 heavy (non-hydrogen) atoms. The topological polar surface area (TPSA) is 136 Å². The summed E-state index contributed by atoms with van der Waals surface area (Å²) in [5.41, 5.74) is -0.440. The lowest BCUT2D eigenvalue weighted by atomic mass is 10.0. The Hall–Kier alpha value is -4.87. The Balaban J connectivity index is 1.30. The number of pyridine rings is 3. The molecule has 0 spiro atoms. The molecule has 1 saturated carbocycles. The number of aromatic hydroxyl groups is 1. The summed E-state index contributed by atoms with van der Waals surface area (Å²) >= 11 is 0. The average Bonchev–Trinajstić information content (AvgIpc) is 3.69. The van der Waals surface area contributed by atoms with Crippen LogP contribution in [0, 0.1) is 17.0 Å². The molecule has 1 aliphatic carbocycles. The zero-order valence-electron chi connectivity index (χ0n) is 19.3. The second kappa shape index (κ2) is 9.30. The quantitative estimate of drug-likeness (QED) is 0.317. The van der Waals surface area contributed by atoms with Crippen molar-refractivity contribution < 1.29 is 33.0 Å². The van der Waals surface area contributed by atoms with Gasteiger partial charge >= 0.3 is 0 Å². The van der Waals surface area contributed by atoms with E-state index in [1.54, 1.807) is 0 Å². The Bertz CT molecular complexity index is 1530. The molecule has 4 aromatic rings. The highest BCUT2D eigenvalue weighted by atomic mass is 19.1. The summed E-state index contributed by atoms with van der Waals surface area (Å²) in [5.74, 6) is -3.05. The first-order valence-corrected chi connectivity index (χ1v) is 11.0. The third-order valence-electron chi connectivity index (χ3n) is 5.81. The van der Waals surface area contributed by atoms with E-state index in [4.69, 9.17) is 9.47 Å². The van der Waals surface area contributed by atoms with Crippen LogP contribution in [0.2, 0.25) is 0 Å². The van der Waals surface area contributed by atoms with Gasteiger partial charge in [0.2, 0.25) is 11.8 Å². The third-order valence-corrected chi connectivity index (χ3v) is 5.81. The van der Waals surface area contributed by atoms with Crippen molar-refractivity contribution >= 4 is 34.2 Å². The summed E-state index contributed by atoms with van der Waals surface area (Å²) in [6.07, 6.45) is 3.20. The van der Waals surface area contributed by atoms with E-state index in [-0.39, 0.29) is 34.1 Å². The smallest absolute Gasteiger partial charge is 0.257 e. The van der Waals surface area contributed by atoms with Gasteiger partial charge in [0.25, 0.3) is 11.8 Å². The molecule has 12 heteroatoms. The molecule has 188 valence electrons. The highest BCUT2D eigenvalue weighted by molar-refractivity contribution is 6.16. The van der Waals surface area contributed by atoms with Crippen molar-refractivity contribution in [2.45, 2.75) is 12.8 Å². The zero-order valence-corrected chi connectivity index (χ0v) is 19.3. The van der Waals surface area contributed by atoms with Gasteiger partial charge < -0.3 is 25.2 Å². The van der Waals surface area contributed by atoms with Crippen molar-refractivity contribution in [3.63, 3.8) is 0 Å². The second-order valence-corrected chi connectivity index (χ2v) is 8.30. The fourth-order valence-corrected chi connectivity index (χ4v) is 3.64. The first kappa shape index (κ1) is 23.9. The van der Waals surface area contributed by atoms with Crippen LogP contribution in [0.15, 0.2) is 54.9 Å². The SMILES string of the molecule is COc1nc2c(Oc3ncc(NC(=O)C4(C(=O)Nc5ccc(F)cc5)CC4)cc3F)ccnc2cc1O. The van der Waals surface area contributed by atoms with Crippen molar-refractivity contribution in [3.05, 3.63) is 66.5 Å². The van der Waals surface area contributed by atoms with Crippen molar-refractivity contribution in [1.82, 2.24) is 15.0 Å². The number of hydrogen-bond acceptors (Lipinski definition) is 8. The number of carbonyl (C=O) groups is 2. The number of rotatable bonds is 7. The average molecular weight is 507 g/mol. The molecule has 1 aromatic carbocycles. The van der Waals surface area contributed by atoms with Gasteiger partial charge in [-0.15, -0.1) is 0 Å². The largest absolute Gasteiger partial charge is 0.503 e. The normalized spacial score (nSPS) is 13.6. The van der Waals surface area contributed by atoms with Gasteiger partial charge in [0, 0.05) is 30.1 Å². The monoisotopic (exact) mass is 507 g/mol. The number of benzene rings is 1. The van der Waals surface area contributed by atoms with Gasteiger partial charge in [0.15, 0.2) is 17.3 Å². The highest BCUT2D eigenvalue weighted by Crippen LogP contribution is 2.47. The lowest BCUT2D eigenvalue weighted by Gasteiger charge is -2.16. The number of ether oxygens (including phenoxy) is 2. The number of amides is 2. The molecule has 1 fully saturated rings. The van der Waals surface area contributed by atoms with E-state index in [2.05, 4.69) is 25.6 Å². The molecule has 3 aromatic heterocycles. The molecular weight excluding hydrogens is 488 g/mol. The van der Waals surface area contributed by atoms with Crippen LogP contribution in [-0.2, 0) is 9.59 Å². The van der Waals surface area contributed by atoms with E-state index in [1.807, 2.05) is 0 Å². The lowest BCUT2D eigenvalue weighted by molar-refractivity contribution is -0.131. The predicted molar refractivity (Wildman–Crippen MR) is 127 cm³/mol. The number of halogens is 2. The summed E-state index contributed by atoms with van der Waals surface area (Å²) < 4.78 is 38.5. The maximum Gasteiger partial charge on any atom is 0.257 e. The molecule has 3 N–H and O–H groups in total. The molecule has 0 aliphatic heterocycles. The molecule has 0 saturated heterocycles. The lowest BCUT2D eigenvalue weighted by Crippen LogP contribution is -2.35. The van der Waals surface area contributed by atoms with Crippen LogP contribution in [0.4, 0.5) is 20.2 Å². The molecule has 10 nitrogen and oxygen atoms in total. The molecule has 0 unspecified atom stereocenters. The van der Waals surface area contributed by atoms with E-state index in [0.29, 0.717) is 18.5 Å². The summed E-state index contributed by atoms with van der Waals surface area (Å²) in [6.45, 7) is 0. The van der Waals surface area contributed by atoms with Crippen molar-refractivity contribution in [2.75, 3.05) is 17.7 Å². The van der Waals surface area contributed by atoms with Gasteiger partial charge in [-0.2, -0.15) is 0 Å². The van der Waals surface area contributed by atoms with E-state index in [0.717, 1.165) is 6.07 Å². The number of hydrogen-bond donors (Lipinski definition) is 3. The first-order chi connectivity index (χ1) is 17.8. The van der Waals surface area contributed by atoms with Crippen molar-refractivity contribution in [3.8, 4) is 23.3 Å². The van der Waals surface area contributed by atoms with Crippen LogP contribution in [-0.4, -0.2) is 39.0 Å². The Morgan fingerprint density at radius 1 is 0.973 bits per heavy atom. The standard InChI is InChI=1S/C25H19F2N5O5/c1-36-22-18(33)11-17-20(32-22)19(6-9-28-17)37-21-16(27)10-15(12-29-21)31-24(35)25(7-8-25)23(34)30-14-4-2-13(26)3-5-14/h2-6,9-12,33H,7-8H2,1H3,(H,30,34)(H,31,35). The summed E-state index contributed by atoms with van der Waals surface area (Å²) in [7, 11) is 1.33. The number of nitrogens with one attached hydrogen (secondary N) is 2. The Morgan fingerprint density at radius 3 is 2.32 bits per heavy atom. The fourth-order valence-electron chi connectivity index (χ4n) is 3.64. The number of aromatic nitrogens is 3. The van der Waals surface area contributed by atoms with Gasteiger partial charge in [-0.05, 0) is 37.1 Å². The van der Waals surface area contributed by atoms with Crippen LogP contribution in [0.5, 0.6) is 23.3 Å². The molecule has 1 aliphatic rings. The van der Waals surface area contributed by atoms with Crippen molar-refractivity contribution in [1.29, 1.82) is 0 Å². The molecule has 0 bridgehead atoms. The van der Waals surface area contributed by atoms with E-state index >= 15 is 0 Å². The predicted octanol–water partition coefficient (Wildman–Crippen LogP) is 4.17. The molecule has 3 heterocycles. The molecule has 0 atom stereocenters. The molecule has 5 rings (SSSR count). The van der Waals surface area contributed by atoms with E-state index < -0.39 is 34.7 Å². The van der Waals surface area contributed by atoms with Crippen LogP contribution in [0.25, 0.3) is 11.0 Å². The van der Waals surface area contributed by atoms with Crippen LogP contribution in [0.3, 0.4) is 0 Å². The number of methoxy groups -OCH3 is 1. The number of carbonyl (C=O) groups excluding carboxylic acids is 2. The van der Waals surface area contributed by atoms with Gasteiger partial charge in [-0.1, -0.05) is 0 Å². The second-order valence-electron chi connectivity index (χ2n) is 8.30.